The van der Waals surface area contributed by atoms with Crippen LogP contribution in [0.25, 0.3) is 10.8 Å². The molecule has 7 rings (SSSR count). The molecule has 2 saturated carbocycles. The molecular weight excluding hydrogens is 468 g/mol. The summed E-state index contributed by atoms with van der Waals surface area (Å²) in [4.78, 5) is 54.9. The molecule has 2 aliphatic heterocycles. The van der Waals surface area contributed by atoms with Gasteiger partial charge in [-0.05, 0) is 66.8 Å². The van der Waals surface area contributed by atoms with E-state index in [1.54, 1.807) is 29.2 Å². The third kappa shape index (κ3) is 3.40. The van der Waals surface area contributed by atoms with Gasteiger partial charge < -0.3 is 9.64 Å². The van der Waals surface area contributed by atoms with Gasteiger partial charge in [-0.1, -0.05) is 36.4 Å². The largest absolute Gasteiger partial charge is 0.426 e. The number of esters is 1. The summed E-state index contributed by atoms with van der Waals surface area (Å²) in [6.45, 7) is 0.256. The molecule has 0 radical (unpaired) electrons. The molecule has 2 aliphatic carbocycles. The minimum absolute atomic E-state index is 0.0853. The Morgan fingerprint density at radius 3 is 2.22 bits per heavy atom. The van der Waals surface area contributed by atoms with Crippen LogP contribution in [0.15, 0.2) is 66.7 Å². The number of hydrogen-bond donors (Lipinski definition) is 0. The topological polar surface area (TPSA) is 84.0 Å². The van der Waals surface area contributed by atoms with Gasteiger partial charge in [-0.2, -0.15) is 0 Å². The molecule has 2 heterocycles. The fourth-order valence-electron chi connectivity index (χ4n) is 7.07. The highest BCUT2D eigenvalue weighted by Gasteiger charge is 2.61. The van der Waals surface area contributed by atoms with Gasteiger partial charge in [-0.15, -0.1) is 0 Å². The van der Waals surface area contributed by atoms with E-state index >= 15 is 0 Å². The van der Waals surface area contributed by atoms with Crippen LogP contribution < -0.4 is 14.5 Å². The van der Waals surface area contributed by atoms with Gasteiger partial charge in [0, 0.05) is 18.4 Å². The lowest BCUT2D eigenvalue weighted by Gasteiger charge is -2.19. The minimum atomic E-state index is -0.581. The second-order valence-corrected chi connectivity index (χ2v) is 10.7. The number of rotatable bonds is 4. The first kappa shape index (κ1) is 22.2. The van der Waals surface area contributed by atoms with Crippen LogP contribution in [-0.4, -0.2) is 30.2 Å². The number of amides is 3. The molecule has 0 aromatic heterocycles. The highest BCUT2D eigenvalue weighted by molar-refractivity contribution is 6.22. The zero-order chi connectivity index (χ0) is 25.3. The number of benzene rings is 3. The zero-order valence-electron chi connectivity index (χ0n) is 20.2. The third-order valence-corrected chi connectivity index (χ3v) is 8.76. The molecule has 3 amide bonds. The molecule has 3 aromatic carbocycles. The zero-order valence-corrected chi connectivity index (χ0v) is 20.2. The number of anilines is 2. The van der Waals surface area contributed by atoms with Crippen LogP contribution in [0, 0.1) is 29.6 Å². The maximum absolute atomic E-state index is 13.1. The van der Waals surface area contributed by atoms with Crippen molar-refractivity contribution < 1.29 is 23.9 Å². The molecule has 186 valence electrons. The molecule has 2 saturated heterocycles. The summed E-state index contributed by atoms with van der Waals surface area (Å²) in [5.74, 6) is -0.704. The summed E-state index contributed by atoms with van der Waals surface area (Å²) in [5.41, 5.74) is 1.31. The van der Waals surface area contributed by atoms with Gasteiger partial charge in [0.2, 0.25) is 17.7 Å². The lowest BCUT2D eigenvalue weighted by molar-refractivity contribution is -0.139. The first-order chi connectivity index (χ1) is 18.0. The summed E-state index contributed by atoms with van der Waals surface area (Å²) in [6, 6.07) is 20.2. The average molecular weight is 495 g/mol. The number of hydrogen-bond acceptors (Lipinski definition) is 5. The Kier molecular flexibility index (Phi) is 4.96. The fraction of sp³-hybridized carbons (Fsp3) is 0.333. The van der Waals surface area contributed by atoms with Gasteiger partial charge in [0.05, 0.1) is 29.1 Å². The minimum Gasteiger partial charge on any atom is -0.426 e. The SMILES string of the molecule is O=C(Oc1ccc(N2C(=O)[C@@H]3[C@H]4CC[C@@H](C4)[C@@H]3C2=O)cc1)[C@H]1CC(=O)N(c2cccc3ccccc23)C1. The van der Waals surface area contributed by atoms with Gasteiger partial charge in [0.1, 0.15) is 5.75 Å². The molecular formula is C30H26N2O5. The Hall–Kier alpha value is -4.00. The van der Waals surface area contributed by atoms with Crippen LogP contribution >= 0.6 is 0 Å². The monoisotopic (exact) mass is 494 g/mol. The molecule has 7 nitrogen and oxygen atoms in total. The number of ether oxygens (including phenoxy) is 1. The number of fused-ring (bicyclic) bond motifs is 6. The smallest absolute Gasteiger partial charge is 0.316 e. The van der Waals surface area contributed by atoms with E-state index in [1.807, 2.05) is 42.5 Å². The second-order valence-electron chi connectivity index (χ2n) is 10.7. The molecule has 4 aliphatic rings. The van der Waals surface area contributed by atoms with Crippen molar-refractivity contribution in [2.45, 2.75) is 25.7 Å². The van der Waals surface area contributed by atoms with E-state index in [0.29, 0.717) is 23.3 Å². The average Bonchev–Trinajstić information content (AvgIpc) is 3.68. The maximum Gasteiger partial charge on any atom is 0.316 e. The van der Waals surface area contributed by atoms with E-state index in [4.69, 9.17) is 4.74 Å². The standard InChI is InChI=1S/C30H26N2O5/c33-25-15-20(16-31(25)24-7-3-5-17-4-1-2-6-23(17)24)30(36)37-22-12-10-21(11-13-22)32-28(34)26-18-8-9-19(14-18)27(26)29(32)35/h1-7,10-13,18-20,26-27H,8-9,14-16H2/t18-,19-,20-,26-,27+/m0/s1. The first-order valence-corrected chi connectivity index (χ1v) is 13.0. The second kappa shape index (κ2) is 8.26. The lowest BCUT2D eigenvalue weighted by atomic mass is 9.81. The number of carbonyl (C=O) groups excluding carboxylic acids is 4. The number of carbonyl (C=O) groups is 4. The number of imide groups is 1. The van der Waals surface area contributed by atoms with E-state index in [9.17, 15) is 19.2 Å². The third-order valence-electron chi connectivity index (χ3n) is 8.76. The molecule has 0 unspecified atom stereocenters. The van der Waals surface area contributed by atoms with Gasteiger partial charge in [-0.25, -0.2) is 0 Å². The molecule has 0 N–H and O–H groups in total. The normalized spacial score (nSPS) is 28.4. The van der Waals surface area contributed by atoms with E-state index in [-0.39, 0.29) is 42.5 Å². The molecule has 0 spiro atoms. The number of nitrogens with zero attached hydrogens (tertiary/aromatic N) is 2. The highest BCUT2D eigenvalue weighted by atomic mass is 16.5. The van der Waals surface area contributed by atoms with Crippen molar-refractivity contribution in [1.29, 1.82) is 0 Å². The van der Waals surface area contributed by atoms with Crippen molar-refractivity contribution in [2.24, 2.45) is 29.6 Å². The quantitative estimate of drug-likeness (QED) is 0.306. The predicted molar refractivity (Wildman–Crippen MR) is 137 cm³/mol. The van der Waals surface area contributed by atoms with E-state index in [1.165, 1.54) is 4.90 Å². The summed E-state index contributed by atoms with van der Waals surface area (Å²) in [7, 11) is 0. The van der Waals surface area contributed by atoms with Crippen LogP contribution in [0.1, 0.15) is 25.7 Å². The molecule has 37 heavy (non-hydrogen) atoms. The lowest BCUT2D eigenvalue weighted by Crippen LogP contribution is -2.32. The molecule has 2 bridgehead atoms. The van der Waals surface area contributed by atoms with Crippen LogP contribution in [-0.2, 0) is 19.2 Å². The van der Waals surface area contributed by atoms with Crippen molar-refractivity contribution in [3.63, 3.8) is 0 Å². The Morgan fingerprint density at radius 1 is 0.811 bits per heavy atom. The summed E-state index contributed by atoms with van der Waals surface area (Å²) in [6.07, 6.45) is 3.16. The first-order valence-electron chi connectivity index (χ1n) is 13.0. The predicted octanol–water partition coefficient (Wildman–Crippen LogP) is 4.33. The summed E-state index contributed by atoms with van der Waals surface area (Å²) in [5, 5.41) is 2.00. The molecule has 3 aromatic rings. The maximum atomic E-state index is 13.1. The summed E-state index contributed by atoms with van der Waals surface area (Å²) >= 11 is 0. The van der Waals surface area contributed by atoms with Gasteiger partial charge in [0.25, 0.3) is 0 Å². The van der Waals surface area contributed by atoms with Gasteiger partial charge in [-0.3, -0.25) is 24.1 Å². The van der Waals surface area contributed by atoms with Crippen LogP contribution in [0.3, 0.4) is 0 Å². The van der Waals surface area contributed by atoms with Crippen LogP contribution in [0.2, 0.25) is 0 Å². The van der Waals surface area contributed by atoms with Gasteiger partial charge in [0.15, 0.2) is 0 Å². The molecule has 5 atom stereocenters. The van der Waals surface area contributed by atoms with Crippen molar-refractivity contribution in [1.82, 2.24) is 0 Å². The highest BCUT2D eigenvalue weighted by Crippen LogP contribution is 2.56. The van der Waals surface area contributed by atoms with E-state index in [2.05, 4.69) is 0 Å². The van der Waals surface area contributed by atoms with Crippen molar-refractivity contribution >= 4 is 45.8 Å². The van der Waals surface area contributed by atoms with Gasteiger partial charge >= 0.3 is 5.97 Å². The van der Waals surface area contributed by atoms with Crippen molar-refractivity contribution in [2.75, 3.05) is 16.3 Å². The van der Waals surface area contributed by atoms with Crippen LogP contribution in [0.5, 0.6) is 5.75 Å². The van der Waals surface area contributed by atoms with Crippen molar-refractivity contribution in [3.8, 4) is 5.75 Å². The molecule has 7 heteroatoms. The molecule has 4 fully saturated rings. The van der Waals surface area contributed by atoms with E-state index < -0.39 is 11.9 Å². The fourth-order valence-corrected chi connectivity index (χ4v) is 7.07. The Balaban J connectivity index is 1.05. The Bertz CT molecular complexity index is 1430. The Labute approximate surface area is 214 Å². The Morgan fingerprint density at radius 2 is 1.49 bits per heavy atom. The van der Waals surface area contributed by atoms with E-state index in [0.717, 1.165) is 35.7 Å². The van der Waals surface area contributed by atoms with Crippen LogP contribution in [0.4, 0.5) is 11.4 Å². The van der Waals surface area contributed by atoms with Crippen molar-refractivity contribution in [3.05, 3.63) is 66.7 Å². The summed E-state index contributed by atoms with van der Waals surface area (Å²) < 4.78 is 5.60.